The summed E-state index contributed by atoms with van der Waals surface area (Å²) >= 11 is 12.0. The maximum absolute atomic E-state index is 13.6. The average Bonchev–Trinajstić information content (AvgIpc) is 2.85. The Balaban J connectivity index is 0.00000167. The van der Waals surface area contributed by atoms with Crippen LogP contribution in [0.3, 0.4) is 0 Å². The molecule has 0 amide bonds. The molecule has 8 nitrogen and oxygen atoms in total. The van der Waals surface area contributed by atoms with E-state index in [0.717, 1.165) is 6.20 Å². The Labute approximate surface area is 212 Å². The van der Waals surface area contributed by atoms with E-state index in [9.17, 15) is 14.8 Å². The van der Waals surface area contributed by atoms with Gasteiger partial charge in [0.05, 0.1) is 22.4 Å². The highest BCUT2D eigenvalue weighted by Crippen LogP contribution is 2.29. The summed E-state index contributed by atoms with van der Waals surface area (Å²) in [6, 6.07) is 8.38. The summed E-state index contributed by atoms with van der Waals surface area (Å²) in [4.78, 5) is 9.55. The van der Waals surface area contributed by atoms with Crippen molar-refractivity contribution in [2.45, 2.75) is 26.6 Å². The van der Waals surface area contributed by atoms with Gasteiger partial charge in [-0.3, -0.25) is 5.41 Å². The average molecular weight is 517 g/mol. The van der Waals surface area contributed by atoms with Gasteiger partial charge in [0, 0.05) is 47.9 Å². The van der Waals surface area contributed by atoms with E-state index >= 15 is 0 Å². The van der Waals surface area contributed by atoms with Crippen molar-refractivity contribution >= 4 is 40.4 Å². The third kappa shape index (κ3) is 5.62. The Morgan fingerprint density at radius 1 is 1.29 bits per heavy atom. The highest BCUT2D eigenvalue weighted by Gasteiger charge is 2.28. The SMILES string of the molecule is CC.N#Cc1cc(C(=N)c2cc(OCc3c(Cl)cnc(F)c3Cl)ccc2N)cnc1N1CC(O)C1. The minimum atomic E-state index is -0.851. The first-order valence-electron chi connectivity index (χ1n) is 10.7. The molecule has 11 heteroatoms. The minimum Gasteiger partial charge on any atom is -0.489 e. The molecule has 1 aliphatic heterocycles. The number of nitrogens with zero attached hydrogens (tertiary/aromatic N) is 4. The molecule has 3 aromatic rings. The number of β-amino-alcohol motifs (C(OH)–C–C–N with tert-alkyl or cyclic N) is 1. The zero-order chi connectivity index (χ0) is 25.7. The molecule has 0 radical (unpaired) electrons. The smallest absolute Gasteiger partial charge is 0.232 e. The molecule has 35 heavy (non-hydrogen) atoms. The first-order chi connectivity index (χ1) is 16.8. The predicted octanol–water partition coefficient (Wildman–Crippen LogP) is 4.58. The third-order valence-electron chi connectivity index (χ3n) is 5.14. The van der Waals surface area contributed by atoms with Crippen LogP contribution in [0.25, 0.3) is 0 Å². The molecular formula is C24H23Cl2FN6O2. The van der Waals surface area contributed by atoms with Crippen LogP contribution in [0, 0.1) is 22.7 Å². The number of nitrogen functional groups attached to an aromatic ring is 1. The Morgan fingerprint density at radius 3 is 2.66 bits per heavy atom. The summed E-state index contributed by atoms with van der Waals surface area (Å²) in [6.07, 6.45) is 2.19. The monoisotopic (exact) mass is 516 g/mol. The van der Waals surface area contributed by atoms with E-state index < -0.39 is 12.1 Å². The van der Waals surface area contributed by atoms with Crippen LogP contribution in [-0.2, 0) is 6.61 Å². The first-order valence-corrected chi connectivity index (χ1v) is 11.5. The number of nitriles is 1. The second-order valence-electron chi connectivity index (χ2n) is 7.37. The van der Waals surface area contributed by atoms with Crippen LogP contribution < -0.4 is 15.4 Å². The van der Waals surface area contributed by atoms with Gasteiger partial charge in [0.15, 0.2) is 0 Å². The summed E-state index contributed by atoms with van der Waals surface area (Å²) in [7, 11) is 0. The molecule has 3 heterocycles. The number of nitrogens with two attached hydrogens (primary N) is 1. The maximum atomic E-state index is 13.6. The van der Waals surface area contributed by atoms with Crippen molar-refractivity contribution in [1.29, 1.82) is 10.7 Å². The number of anilines is 2. The highest BCUT2D eigenvalue weighted by atomic mass is 35.5. The van der Waals surface area contributed by atoms with Crippen molar-refractivity contribution in [2.24, 2.45) is 0 Å². The number of benzene rings is 1. The van der Waals surface area contributed by atoms with E-state index in [1.807, 2.05) is 13.8 Å². The normalized spacial score (nSPS) is 12.8. The zero-order valence-electron chi connectivity index (χ0n) is 19.0. The number of rotatable bonds is 6. The van der Waals surface area contributed by atoms with Gasteiger partial charge in [0.1, 0.15) is 29.3 Å². The van der Waals surface area contributed by atoms with E-state index in [1.54, 1.807) is 29.2 Å². The zero-order valence-corrected chi connectivity index (χ0v) is 20.5. The van der Waals surface area contributed by atoms with Crippen LogP contribution in [-0.4, -0.2) is 40.0 Å². The van der Waals surface area contributed by atoms with E-state index in [4.69, 9.17) is 39.1 Å². The highest BCUT2D eigenvalue weighted by molar-refractivity contribution is 6.35. The third-order valence-corrected chi connectivity index (χ3v) is 5.85. The Bertz CT molecular complexity index is 1290. The molecule has 0 aliphatic carbocycles. The topological polar surface area (TPSA) is 132 Å². The summed E-state index contributed by atoms with van der Waals surface area (Å²) in [5.74, 6) is -0.0351. The molecule has 4 N–H and O–H groups in total. The fraction of sp³-hybridized carbons (Fsp3) is 0.250. The number of hydrogen-bond acceptors (Lipinski definition) is 8. The van der Waals surface area contributed by atoms with Gasteiger partial charge < -0.3 is 20.5 Å². The number of ether oxygens (including phenoxy) is 1. The largest absolute Gasteiger partial charge is 0.489 e. The second-order valence-corrected chi connectivity index (χ2v) is 8.15. The fourth-order valence-electron chi connectivity index (χ4n) is 3.32. The first kappa shape index (κ1) is 26.2. The lowest BCUT2D eigenvalue weighted by atomic mass is 10.00. The van der Waals surface area contributed by atoms with Crippen molar-refractivity contribution in [3.8, 4) is 11.8 Å². The van der Waals surface area contributed by atoms with Crippen LogP contribution in [0.2, 0.25) is 10.0 Å². The van der Waals surface area contributed by atoms with Crippen LogP contribution >= 0.6 is 23.2 Å². The van der Waals surface area contributed by atoms with Gasteiger partial charge in [-0.25, -0.2) is 9.97 Å². The van der Waals surface area contributed by atoms with Gasteiger partial charge in [-0.2, -0.15) is 9.65 Å². The summed E-state index contributed by atoms with van der Waals surface area (Å²) in [5, 5.41) is 27.6. The van der Waals surface area contributed by atoms with Gasteiger partial charge in [0.2, 0.25) is 5.95 Å². The lowest BCUT2D eigenvalue weighted by Gasteiger charge is -2.37. The molecule has 0 bridgehead atoms. The molecule has 182 valence electrons. The van der Waals surface area contributed by atoms with Crippen LogP contribution in [0.4, 0.5) is 15.9 Å². The predicted molar refractivity (Wildman–Crippen MR) is 134 cm³/mol. The van der Waals surface area contributed by atoms with Gasteiger partial charge in [-0.05, 0) is 24.3 Å². The quantitative estimate of drug-likeness (QED) is 0.248. The van der Waals surface area contributed by atoms with Gasteiger partial charge in [-0.1, -0.05) is 37.0 Å². The standard InChI is InChI=1S/C22H17Cl2FN6O2.C2H6/c23-17-7-29-21(25)19(24)16(17)10-33-14-1-2-18(27)15(4-14)20(28)12-3-11(5-26)22(30-6-12)31-8-13(32)9-31;1-2/h1-4,6-7,13,28,32H,8-10,27H2;1-2H3. The molecule has 0 unspecified atom stereocenters. The summed E-state index contributed by atoms with van der Waals surface area (Å²) < 4.78 is 19.3. The molecule has 0 spiro atoms. The number of halogens is 3. The Morgan fingerprint density at radius 2 is 2.00 bits per heavy atom. The van der Waals surface area contributed by atoms with Crippen LogP contribution in [0.5, 0.6) is 5.75 Å². The number of aliphatic hydroxyl groups excluding tert-OH is 1. The minimum absolute atomic E-state index is 0.0446. The van der Waals surface area contributed by atoms with Gasteiger partial charge in [0.25, 0.3) is 0 Å². The molecule has 1 saturated heterocycles. The van der Waals surface area contributed by atoms with Crippen molar-refractivity contribution in [1.82, 2.24) is 9.97 Å². The Hall–Kier alpha value is -3.45. The van der Waals surface area contributed by atoms with E-state index in [1.165, 1.54) is 6.20 Å². The molecule has 2 aromatic heterocycles. The number of pyridine rings is 2. The molecule has 0 atom stereocenters. The number of nitrogens with one attached hydrogen (secondary N) is 1. The van der Waals surface area contributed by atoms with Crippen molar-refractivity contribution in [3.63, 3.8) is 0 Å². The summed E-state index contributed by atoms with van der Waals surface area (Å²) in [6.45, 7) is 4.69. The lowest BCUT2D eigenvalue weighted by Crippen LogP contribution is -2.51. The van der Waals surface area contributed by atoms with E-state index in [-0.39, 0.29) is 27.9 Å². The van der Waals surface area contributed by atoms with Crippen LogP contribution in [0.1, 0.15) is 36.1 Å². The van der Waals surface area contributed by atoms with Crippen molar-refractivity contribution < 1.29 is 14.2 Å². The van der Waals surface area contributed by atoms with Crippen LogP contribution in [0.15, 0.2) is 36.7 Å². The fourth-order valence-corrected chi connectivity index (χ4v) is 3.77. The number of hydrogen-bond donors (Lipinski definition) is 3. The van der Waals surface area contributed by atoms with Gasteiger partial charge in [-0.15, -0.1) is 0 Å². The molecule has 1 fully saturated rings. The lowest BCUT2D eigenvalue weighted by molar-refractivity contribution is 0.141. The van der Waals surface area contributed by atoms with Crippen molar-refractivity contribution in [3.05, 3.63) is 74.9 Å². The van der Waals surface area contributed by atoms with Crippen molar-refractivity contribution in [2.75, 3.05) is 23.7 Å². The number of aromatic nitrogens is 2. The Kier molecular flexibility index (Phi) is 8.46. The molecule has 1 aliphatic rings. The number of aliphatic hydroxyl groups is 1. The second kappa shape index (κ2) is 11.3. The molecular weight excluding hydrogens is 494 g/mol. The molecule has 4 rings (SSSR count). The maximum Gasteiger partial charge on any atom is 0.232 e. The van der Waals surface area contributed by atoms with E-state index in [2.05, 4.69) is 16.0 Å². The molecule has 0 saturated carbocycles. The van der Waals surface area contributed by atoms with Gasteiger partial charge >= 0.3 is 0 Å². The summed E-state index contributed by atoms with van der Waals surface area (Å²) in [5.41, 5.74) is 7.74. The van der Waals surface area contributed by atoms with E-state index in [0.29, 0.717) is 47.0 Å². The molecule has 1 aromatic carbocycles.